The Morgan fingerprint density at radius 1 is 1.17 bits per heavy atom. The molecular weight excluding hydrogens is 170 g/mol. The van der Waals surface area contributed by atoms with Crippen molar-refractivity contribution in [2.75, 3.05) is 4.72 Å². The van der Waals surface area contributed by atoms with Crippen molar-refractivity contribution < 1.29 is 0 Å². The number of rotatable bonds is 1. The topological polar surface area (TPSA) is 37.8 Å². The molecule has 1 aromatic carbocycles. The SMILES string of the molecule is SNc1cnc2ccccc2n1. The Bertz CT molecular complexity index is 402. The zero-order chi connectivity index (χ0) is 8.39. The summed E-state index contributed by atoms with van der Waals surface area (Å²) in [4.78, 5) is 8.42. The minimum absolute atomic E-state index is 0.664. The van der Waals surface area contributed by atoms with E-state index < -0.39 is 0 Å². The highest BCUT2D eigenvalue weighted by Crippen LogP contribution is 2.11. The predicted molar refractivity (Wildman–Crippen MR) is 52.1 cm³/mol. The van der Waals surface area contributed by atoms with Crippen LogP contribution in [0, 0.1) is 0 Å². The van der Waals surface area contributed by atoms with Crippen LogP contribution < -0.4 is 4.72 Å². The second kappa shape index (κ2) is 2.98. The van der Waals surface area contributed by atoms with Crippen LogP contribution in [0.5, 0.6) is 0 Å². The summed E-state index contributed by atoms with van der Waals surface area (Å²) < 4.78 is 2.64. The van der Waals surface area contributed by atoms with E-state index in [0.717, 1.165) is 11.0 Å². The average molecular weight is 177 g/mol. The Kier molecular flexibility index (Phi) is 1.83. The van der Waals surface area contributed by atoms with Gasteiger partial charge in [-0.2, -0.15) is 0 Å². The Labute approximate surface area is 75.4 Å². The van der Waals surface area contributed by atoms with Crippen molar-refractivity contribution in [3.8, 4) is 0 Å². The maximum absolute atomic E-state index is 4.24. The summed E-state index contributed by atoms with van der Waals surface area (Å²) in [6.45, 7) is 0. The third-order valence-corrected chi connectivity index (χ3v) is 1.79. The number of hydrogen-bond donors (Lipinski definition) is 2. The highest BCUT2D eigenvalue weighted by molar-refractivity contribution is 7.81. The molecule has 0 saturated carbocycles. The van der Waals surface area contributed by atoms with Gasteiger partial charge in [-0.15, -0.1) is 0 Å². The molecule has 0 fully saturated rings. The fraction of sp³-hybridized carbons (Fsp3) is 0. The summed E-state index contributed by atoms with van der Waals surface area (Å²) in [7, 11) is 0. The quantitative estimate of drug-likeness (QED) is 0.653. The van der Waals surface area contributed by atoms with Crippen LogP contribution in [0.3, 0.4) is 0 Å². The van der Waals surface area contributed by atoms with Crippen molar-refractivity contribution in [1.29, 1.82) is 0 Å². The van der Waals surface area contributed by atoms with Crippen molar-refractivity contribution in [3.05, 3.63) is 30.5 Å². The zero-order valence-corrected chi connectivity index (χ0v) is 7.12. The molecule has 0 radical (unpaired) electrons. The number of aromatic nitrogens is 2. The summed E-state index contributed by atoms with van der Waals surface area (Å²) in [6.07, 6.45) is 1.65. The van der Waals surface area contributed by atoms with Gasteiger partial charge in [-0.05, 0) is 12.1 Å². The van der Waals surface area contributed by atoms with Gasteiger partial charge < -0.3 is 4.72 Å². The second-order valence-corrected chi connectivity index (χ2v) is 2.58. The normalized spacial score (nSPS) is 10.1. The molecule has 60 valence electrons. The van der Waals surface area contributed by atoms with Gasteiger partial charge in [0.25, 0.3) is 0 Å². The third-order valence-electron chi connectivity index (χ3n) is 1.56. The van der Waals surface area contributed by atoms with Crippen LogP contribution in [-0.2, 0) is 0 Å². The Morgan fingerprint density at radius 2 is 1.92 bits per heavy atom. The molecule has 0 spiro atoms. The standard InChI is InChI=1S/C8H7N3S/c12-11-8-5-9-6-3-1-2-4-7(6)10-8/h1-5,12H,(H,10,11). The van der Waals surface area contributed by atoms with Crippen LogP contribution in [0.15, 0.2) is 30.5 Å². The van der Waals surface area contributed by atoms with E-state index in [1.54, 1.807) is 6.20 Å². The molecule has 0 amide bonds. The largest absolute Gasteiger partial charge is 0.316 e. The summed E-state index contributed by atoms with van der Waals surface area (Å²) in [5.74, 6) is 0.664. The van der Waals surface area contributed by atoms with Crippen molar-refractivity contribution >= 4 is 29.7 Å². The number of nitrogens with zero attached hydrogens (tertiary/aromatic N) is 2. The monoisotopic (exact) mass is 177 g/mol. The third kappa shape index (κ3) is 1.21. The Balaban J connectivity index is 2.67. The summed E-state index contributed by atoms with van der Waals surface area (Å²) in [5.41, 5.74) is 1.77. The predicted octanol–water partition coefficient (Wildman–Crippen LogP) is 1.89. The first-order valence-corrected chi connectivity index (χ1v) is 3.97. The number of thiol groups is 1. The van der Waals surface area contributed by atoms with E-state index in [-0.39, 0.29) is 0 Å². The smallest absolute Gasteiger partial charge is 0.154 e. The van der Waals surface area contributed by atoms with Gasteiger partial charge in [0, 0.05) is 0 Å². The average Bonchev–Trinajstić information content (AvgIpc) is 2.17. The van der Waals surface area contributed by atoms with Crippen molar-refractivity contribution in [2.45, 2.75) is 0 Å². The van der Waals surface area contributed by atoms with Crippen molar-refractivity contribution in [2.24, 2.45) is 0 Å². The fourth-order valence-electron chi connectivity index (χ4n) is 1.01. The lowest BCUT2D eigenvalue weighted by molar-refractivity contribution is 1.30. The molecular formula is C8H7N3S. The molecule has 0 unspecified atom stereocenters. The lowest BCUT2D eigenvalue weighted by Crippen LogP contribution is -1.88. The number of hydrogen-bond acceptors (Lipinski definition) is 4. The number of benzene rings is 1. The van der Waals surface area contributed by atoms with Crippen LogP contribution in [-0.4, -0.2) is 9.97 Å². The van der Waals surface area contributed by atoms with Gasteiger partial charge in [0.1, 0.15) is 0 Å². The van der Waals surface area contributed by atoms with E-state index in [0.29, 0.717) is 5.82 Å². The van der Waals surface area contributed by atoms with E-state index in [1.165, 1.54) is 0 Å². The molecule has 1 aromatic heterocycles. The first kappa shape index (κ1) is 7.36. The summed E-state index contributed by atoms with van der Waals surface area (Å²) in [5, 5.41) is 0. The van der Waals surface area contributed by atoms with Gasteiger partial charge in [0.05, 0.1) is 17.2 Å². The number of para-hydroxylation sites is 2. The molecule has 4 heteroatoms. The molecule has 0 aliphatic carbocycles. The maximum atomic E-state index is 4.24. The maximum Gasteiger partial charge on any atom is 0.154 e. The molecule has 12 heavy (non-hydrogen) atoms. The number of nitrogens with one attached hydrogen (secondary N) is 1. The molecule has 2 rings (SSSR count). The van der Waals surface area contributed by atoms with E-state index in [1.807, 2.05) is 24.3 Å². The van der Waals surface area contributed by atoms with Gasteiger partial charge in [-0.25, -0.2) is 4.98 Å². The molecule has 0 saturated heterocycles. The molecule has 1 heterocycles. The lowest BCUT2D eigenvalue weighted by atomic mass is 10.3. The molecule has 0 atom stereocenters. The van der Waals surface area contributed by atoms with E-state index in [9.17, 15) is 0 Å². The summed E-state index contributed by atoms with van der Waals surface area (Å²) in [6, 6.07) is 7.70. The first-order valence-electron chi connectivity index (χ1n) is 3.52. The molecule has 3 nitrogen and oxygen atoms in total. The molecule has 2 aromatic rings. The molecule has 0 aliphatic heterocycles. The van der Waals surface area contributed by atoms with Crippen molar-refractivity contribution in [3.63, 3.8) is 0 Å². The Morgan fingerprint density at radius 3 is 2.67 bits per heavy atom. The number of anilines is 1. The highest BCUT2D eigenvalue weighted by atomic mass is 32.1. The summed E-state index contributed by atoms with van der Waals surface area (Å²) >= 11 is 3.88. The van der Waals surface area contributed by atoms with E-state index in [4.69, 9.17) is 0 Å². The number of fused-ring (bicyclic) bond motifs is 1. The minimum atomic E-state index is 0.664. The minimum Gasteiger partial charge on any atom is -0.316 e. The van der Waals surface area contributed by atoms with Gasteiger partial charge >= 0.3 is 0 Å². The zero-order valence-electron chi connectivity index (χ0n) is 6.23. The van der Waals surface area contributed by atoms with Gasteiger partial charge in [-0.1, -0.05) is 24.9 Å². The van der Waals surface area contributed by atoms with Gasteiger partial charge in [0.15, 0.2) is 5.82 Å². The first-order chi connectivity index (χ1) is 5.90. The van der Waals surface area contributed by atoms with E-state index >= 15 is 0 Å². The highest BCUT2D eigenvalue weighted by Gasteiger charge is 1.95. The molecule has 0 bridgehead atoms. The molecule has 0 aliphatic rings. The van der Waals surface area contributed by atoms with Gasteiger partial charge in [0.2, 0.25) is 0 Å². The van der Waals surface area contributed by atoms with Crippen LogP contribution in [0.2, 0.25) is 0 Å². The Hall–Kier alpha value is -1.29. The lowest BCUT2D eigenvalue weighted by Gasteiger charge is -1.98. The van der Waals surface area contributed by atoms with E-state index in [2.05, 4.69) is 27.5 Å². The van der Waals surface area contributed by atoms with Gasteiger partial charge in [-0.3, -0.25) is 4.98 Å². The second-order valence-electron chi connectivity index (χ2n) is 2.36. The van der Waals surface area contributed by atoms with Crippen molar-refractivity contribution in [1.82, 2.24) is 9.97 Å². The fourth-order valence-corrected chi connectivity index (χ4v) is 1.12. The van der Waals surface area contributed by atoms with Crippen LogP contribution in [0.25, 0.3) is 11.0 Å². The van der Waals surface area contributed by atoms with Crippen LogP contribution in [0.4, 0.5) is 5.82 Å². The van der Waals surface area contributed by atoms with Crippen LogP contribution in [0.1, 0.15) is 0 Å². The van der Waals surface area contributed by atoms with Crippen LogP contribution >= 0.6 is 12.8 Å². The molecule has 1 N–H and O–H groups in total.